The molecular weight excluding hydrogens is 240 g/mol. The van der Waals surface area contributed by atoms with E-state index in [1.54, 1.807) is 0 Å². The summed E-state index contributed by atoms with van der Waals surface area (Å²) in [6, 6.07) is 0. The number of rotatable bonds is 1. The minimum absolute atomic E-state index is 0.200. The molecule has 0 atom stereocenters. The van der Waals surface area contributed by atoms with E-state index in [9.17, 15) is 4.79 Å². The second kappa shape index (κ2) is 4.74. The number of amides is 1. The number of hydrogen-bond donors (Lipinski definition) is 1. The first kappa shape index (κ1) is 14.8. The van der Waals surface area contributed by atoms with Gasteiger partial charge in [0.15, 0.2) is 0 Å². The first-order valence-electron chi connectivity index (χ1n) is 7.34. The van der Waals surface area contributed by atoms with Gasteiger partial charge in [0.25, 0.3) is 0 Å². The van der Waals surface area contributed by atoms with Crippen LogP contribution in [0.2, 0.25) is 0 Å². The van der Waals surface area contributed by atoms with Crippen LogP contribution >= 0.6 is 0 Å². The highest BCUT2D eigenvalue weighted by Crippen LogP contribution is 2.35. The van der Waals surface area contributed by atoms with Gasteiger partial charge in [0.05, 0.1) is 11.2 Å². The van der Waals surface area contributed by atoms with E-state index < -0.39 is 0 Å². The zero-order chi connectivity index (χ0) is 14.3. The fourth-order valence-corrected chi connectivity index (χ4v) is 3.51. The van der Waals surface area contributed by atoms with E-state index in [0.29, 0.717) is 19.0 Å². The predicted octanol–water partition coefficient (Wildman–Crippen LogP) is 1.79. The van der Waals surface area contributed by atoms with Crippen molar-refractivity contribution in [3.05, 3.63) is 0 Å². The predicted molar refractivity (Wildman–Crippen MR) is 76.0 cm³/mol. The Morgan fingerprint density at radius 2 is 1.47 bits per heavy atom. The zero-order valence-corrected chi connectivity index (χ0v) is 13.0. The van der Waals surface area contributed by atoms with Gasteiger partial charge in [0, 0.05) is 18.5 Å². The third-order valence-electron chi connectivity index (χ3n) is 4.21. The average Bonchev–Trinajstić information content (AvgIpc) is 2.24. The topological polar surface area (TPSA) is 41.6 Å². The van der Waals surface area contributed by atoms with E-state index in [4.69, 9.17) is 4.74 Å². The highest BCUT2D eigenvalue weighted by atomic mass is 16.5. The molecule has 2 fully saturated rings. The van der Waals surface area contributed by atoms with Crippen molar-refractivity contribution in [2.24, 2.45) is 5.41 Å². The summed E-state index contributed by atoms with van der Waals surface area (Å²) in [5.41, 5.74) is -0.726. The van der Waals surface area contributed by atoms with Crippen LogP contribution in [0.3, 0.4) is 0 Å². The van der Waals surface area contributed by atoms with Gasteiger partial charge in [-0.15, -0.1) is 0 Å². The highest BCUT2D eigenvalue weighted by molar-refractivity contribution is 5.82. The van der Waals surface area contributed by atoms with Crippen LogP contribution in [0.25, 0.3) is 0 Å². The Morgan fingerprint density at radius 1 is 1.00 bits per heavy atom. The van der Waals surface area contributed by atoms with Gasteiger partial charge in [-0.25, -0.2) is 0 Å². The minimum atomic E-state index is -0.263. The number of carbonyl (C=O) groups is 1. The Labute approximate surface area is 116 Å². The average molecular weight is 268 g/mol. The molecular formula is C15H28N2O2. The van der Waals surface area contributed by atoms with E-state index >= 15 is 0 Å². The first-order chi connectivity index (χ1) is 8.64. The van der Waals surface area contributed by atoms with Gasteiger partial charge in [0.2, 0.25) is 5.91 Å². The molecule has 0 aromatic rings. The zero-order valence-electron chi connectivity index (χ0n) is 13.0. The molecule has 2 saturated heterocycles. The number of piperidine rings is 1. The summed E-state index contributed by atoms with van der Waals surface area (Å²) < 4.78 is 6.06. The molecule has 2 rings (SSSR count). The number of nitrogens with zero attached hydrogens (tertiary/aromatic N) is 1. The molecule has 1 N–H and O–H groups in total. The fourth-order valence-electron chi connectivity index (χ4n) is 3.51. The maximum absolute atomic E-state index is 12.9. The number of nitrogens with one attached hydrogen (secondary N) is 1. The quantitative estimate of drug-likeness (QED) is 0.788. The van der Waals surface area contributed by atoms with Gasteiger partial charge in [-0.3, -0.25) is 4.79 Å². The van der Waals surface area contributed by atoms with Crippen molar-refractivity contribution < 1.29 is 9.53 Å². The van der Waals surface area contributed by atoms with Crippen molar-refractivity contribution in [1.82, 2.24) is 10.2 Å². The van der Waals surface area contributed by atoms with Gasteiger partial charge in [-0.2, -0.15) is 0 Å². The molecule has 2 heterocycles. The molecule has 19 heavy (non-hydrogen) atoms. The summed E-state index contributed by atoms with van der Waals surface area (Å²) in [7, 11) is 0. The van der Waals surface area contributed by atoms with Crippen molar-refractivity contribution in [3.63, 3.8) is 0 Å². The van der Waals surface area contributed by atoms with Crippen molar-refractivity contribution in [2.75, 3.05) is 26.2 Å². The Morgan fingerprint density at radius 3 is 1.95 bits per heavy atom. The SMILES string of the molecule is CC1(C)CN(C(=O)C2(C)CCNCC2)CC(C)(C)O1. The molecule has 0 saturated carbocycles. The van der Waals surface area contributed by atoms with E-state index in [1.165, 1.54) is 0 Å². The standard InChI is InChI=1S/C15H28N2O2/c1-13(2)10-17(11-14(3,4)19-13)12(18)15(5)6-8-16-9-7-15/h16H,6-11H2,1-5H3. The third kappa shape index (κ3) is 3.29. The number of hydrogen-bond acceptors (Lipinski definition) is 3. The lowest BCUT2D eigenvalue weighted by Gasteiger charge is -2.49. The second-order valence-corrected chi connectivity index (χ2v) is 7.59. The van der Waals surface area contributed by atoms with Crippen LogP contribution in [-0.2, 0) is 9.53 Å². The molecule has 0 spiro atoms. The lowest BCUT2D eigenvalue weighted by atomic mass is 9.79. The molecule has 110 valence electrons. The van der Waals surface area contributed by atoms with Gasteiger partial charge in [-0.1, -0.05) is 6.92 Å². The molecule has 4 nitrogen and oxygen atoms in total. The molecule has 0 aromatic carbocycles. The number of morpholine rings is 1. The molecule has 4 heteroatoms. The van der Waals surface area contributed by atoms with E-state index in [0.717, 1.165) is 25.9 Å². The molecule has 0 bridgehead atoms. The molecule has 2 aliphatic heterocycles. The van der Waals surface area contributed by atoms with Crippen molar-refractivity contribution in [1.29, 1.82) is 0 Å². The Balaban J connectivity index is 2.14. The summed E-state index contributed by atoms with van der Waals surface area (Å²) in [6.07, 6.45) is 1.87. The van der Waals surface area contributed by atoms with E-state index in [2.05, 4.69) is 39.9 Å². The Hall–Kier alpha value is -0.610. The van der Waals surface area contributed by atoms with Crippen molar-refractivity contribution in [2.45, 2.75) is 58.7 Å². The smallest absolute Gasteiger partial charge is 0.228 e. The first-order valence-corrected chi connectivity index (χ1v) is 7.34. The third-order valence-corrected chi connectivity index (χ3v) is 4.21. The molecule has 2 aliphatic rings. The lowest BCUT2D eigenvalue weighted by Crippen LogP contribution is -2.61. The summed E-state index contributed by atoms with van der Waals surface area (Å²) >= 11 is 0. The van der Waals surface area contributed by atoms with Crippen LogP contribution in [-0.4, -0.2) is 48.2 Å². The van der Waals surface area contributed by atoms with Crippen LogP contribution in [0.1, 0.15) is 47.5 Å². The number of carbonyl (C=O) groups excluding carboxylic acids is 1. The molecule has 0 aliphatic carbocycles. The second-order valence-electron chi connectivity index (χ2n) is 7.59. The van der Waals surface area contributed by atoms with Gasteiger partial charge in [-0.05, 0) is 53.6 Å². The maximum Gasteiger partial charge on any atom is 0.228 e. The van der Waals surface area contributed by atoms with Crippen molar-refractivity contribution >= 4 is 5.91 Å². The molecule has 1 amide bonds. The van der Waals surface area contributed by atoms with Crippen LogP contribution in [0.5, 0.6) is 0 Å². The maximum atomic E-state index is 12.9. The summed E-state index contributed by atoms with van der Waals surface area (Å²) in [5, 5.41) is 3.33. The van der Waals surface area contributed by atoms with Crippen molar-refractivity contribution in [3.8, 4) is 0 Å². The summed E-state index contributed by atoms with van der Waals surface area (Å²) in [4.78, 5) is 14.9. The highest BCUT2D eigenvalue weighted by Gasteiger charge is 2.45. The van der Waals surface area contributed by atoms with Crippen LogP contribution < -0.4 is 5.32 Å². The normalized spacial score (nSPS) is 29.0. The number of ether oxygens (including phenoxy) is 1. The minimum Gasteiger partial charge on any atom is -0.366 e. The fraction of sp³-hybridized carbons (Fsp3) is 0.933. The molecule has 0 radical (unpaired) electrons. The Bertz CT molecular complexity index is 341. The summed E-state index contributed by atoms with van der Waals surface area (Å²) in [6.45, 7) is 13.7. The van der Waals surface area contributed by atoms with Gasteiger partial charge in [0.1, 0.15) is 0 Å². The van der Waals surface area contributed by atoms with Gasteiger partial charge < -0.3 is 15.0 Å². The summed E-state index contributed by atoms with van der Waals surface area (Å²) in [5.74, 6) is 0.304. The lowest BCUT2D eigenvalue weighted by molar-refractivity contribution is -0.193. The van der Waals surface area contributed by atoms with Crippen LogP contribution in [0, 0.1) is 5.41 Å². The monoisotopic (exact) mass is 268 g/mol. The van der Waals surface area contributed by atoms with E-state index in [1.807, 2.05) is 4.90 Å². The van der Waals surface area contributed by atoms with Crippen LogP contribution in [0.4, 0.5) is 0 Å². The van der Waals surface area contributed by atoms with Gasteiger partial charge >= 0.3 is 0 Å². The van der Waals surface area contributed by atoms with E-state index in [-0.39, 0.29) is 16.6 Å². The van der Waals surface area contributed by atoms with Crippen LogP contribution in [0.15, 0.2) is 0 Å². The molecule has 0 aromatic heterocycles. The largest absolute Gasteiger partial charge is 0.366 e. The molecule has 0 unspecified atom stereocenters. The Kier molecular flexibility index (Phi) is 3.69.